The van der Waals surface area contributed by atoms with Gasteiger partial charge in [-0.2, -0.15) is 0 Å². The number of nitrogens with one attached hydrogen (secondary N) is 1. The average molecular weight is 237 g/mol. The normalized spacial score (nSPS) is 18.0. The van der Waals surface area contributed by atoms with Crippen LogP contribution in [0.1, 0.15) is 12.8 Å². The summed E-state index contributed by atoms with van der Waals surface area (Å²) in [5, 5.41) is 2.70. The van der Waals surface area contributed by atoms with Crippen LogP contribution in [0, 0.1) is 18.3 Å². The molecule has 96 valence electrons. The van der Waals surface area contributed by atoms with E-state index in [4.69, 9.17) is 6.42 Å². The Hall–Kier alpha value is -1.05. The summed E-state index contributed by atoms with van der Waals surface area (Å²) in [4.78, 5) is 15.9. The maximum absolute atomic E-state index is 11.5. The fourth-order valence-electron chi connectivity index (χ4n) is 2.25. The van der Waals surface area contributed by atoms with Crippen LogP contribution in [0.4, 0.5) is 0 Å². The van der Waals surface area contributed by atoms with Crippen molar-refractivity contribution < 1.29 is 4.79 Å². The van der Waals surface area contributed by atoms with Gasteiger partial charge in [-0.1, -0.05) is 5.92 Å². The highest BCUT2D eigenvalue weighted by Crippen LogP contribution is 2.17. The minimum Gasteiger partial charge on any atom is -0.344 e. The number of hydrogen-bond donors (Lipinski definition) is 1. The van der Waals surface area contributed by atoms with Gasteiger partial charge in [0.1, 0.15) is 0 Å². The Morgan fingerprint density at radius 3 is 2.65 bits per heavy atom. The van der Waals surface area contributed by atoms with E-state index in [-0.39, 0.29) is 5.91 Å². The molecule has 0 saturated carbocycles. The highest BCUT2D eigenvalue weighted by atomic mass is 16.2. The molecule has 1 saturated heterocycles. The molecule has 0 aromatic rings. The number of amides is 1. The Morgan fingerprint density at radius 2 is 2.12 bits per heavy atom. The summed E-state index contributed by atoms with van der Waals surface area (Å²) in [6.45, 7) is 3.99. The lowest BCUT2D eigenvalue weighted by Crippen LogP contribution is -2.42. The van der Waals surface area contributed by atoms with Crippen molar-refractivity contribution in [3.63, 3.8) is 0 Å². The van der Waals surface area contributed by atoms with Gasteiger partial charge in [-0.05, 0) is 45.9 Å². The van der Waals surface area contributed by atoms with Crippen molar-refractivity contribution in [3.05, 3.63) is 0 Å². The van der Waals surface area contributed by atoms with Crippen LogP contribution in [-0.4, -0.2) is 62.5 Å². The topological polar surface area (TPSA) is 35.6 Å². The number of terminal acetylenes is 1. The van der Waals surface area contributed by atoms with E-state index in [1.807, 2.05) is 0 Å². The van der Waals surface area contributed by atoms with Crippen LogP contribution >= 0.6 is 0 Å². The Bertz CT molecular complexity index is 275. The molecule has 1 rings (SSSR count). The maximum atomic E-state index is 11.5. The zero-order chi connectivity index (χ0) is 12.7. The molecule has 1 N–H and O–H groups in total. The van der Waals surface area contributed by atoms with Crippen molar-refractivity contribution >= 4 is 5.91 Å². The zero-order valence-electron chi connectivity index (χ0n) is 10.9. The van der Waals surface area contributed by atoms with Crippen molar-refractivity contribution in [2.45, 2.75) is 12.8 Å². The van der Waals surface area contributed by atoms with Gasteiger partial charge in [0.2, 0.25) is 5.91 Å². The molecule has 0 aromatic heterocycles. The first-order valence-corrected chi connectivity index (χ1v) is 6.19. The molecule has 4 nitrogen and oxygen atoms in total. The van der Waals surface area contributed by atoms with Crippen LogP contribution in [0.2, 0.25) is 0 Å². The van der Waals surface area contributed by atoms with Crippen LogP contribution in [0.25, 0.3) is 0 Å². The number of rotatable bonds is 5. The molecular formula is C13H23N3O. The quantitative estimate of drug-likeness (QED) is 0.684. The summed E-state index contributed by atoms with van der Waals surface area (Å²) >= 11 is 0. The third-order valence-electron chi connectivity index (χ3n) is 3.09. The van der Waals surface area contributed by atoms with E-state index in [9.17, 15) is 4.79 Å². The molecule has 4 heteroatoms. The van der Waals surface area contributed by atoms with E-state index < -0.39 is 0 Å². The van der Waals surface area contributed by atoms with Gasteiger partial charge >= 0.3 is 0 Å². The maximum Gasteiger partial charge on any atom is 0.234 e. The molecule has 1 heterocycles. The summed E-state index contributed by atoms with van der Waals surface area (Å²) in [5.74, 6) is 3.22. The van der Waals surface area contributed by atoms with Gasteiger partial charge in [-0.15, -0.1) is 6.42 Å². The van der Waals surface area contributed by atoms with E-state index in [1.54, 1.807) is 0 Å². The summed E-state index contributed by atoms with van der Waals surface area (Å²) in [7, 11) is 4.22. The predicted octanol–water partition coefficient (Wildman–Crippen LogP) is 0.00940. The number of likely N-dealkylation sites (tertiary alicyclic amines) is 1. The van der Waals surface area contributed by atoms with E-state index in [1.165, 1.54) is 12.8 Å². The van der Waals surface area contributed by atoms with Crippen molar-refractivity contribution in [3.8, 4) is 12.3 Å². The van der Waals surface area contributed by atoms with Gasteiger partial charge in [0.25, 0.3) is 0 Å². The van der Waals surface area contributed by atoms with Crippen LogP contribution < -0.4 is 5.32 Å². The highest BCUT2D eigenvalue weighted by Gasteiger charge is 2.20. The van der Waals surface area contributed by atoms with Crippen molar-refractivity contribution in [2.75, 3.05) is 46.8 Å². The van der Waals surface area contributed by atoms with E-state index >= 15 is 0 Å². The molecule has 1 fully saturated rings. The summed E-state index contributed by atoms with van der Waals surface area (Å²) < 4.78 is 0. The van der Waals surface area contributed by atoms with E-state index in [0.717, 1.165) is 25.6 Å². The minimum atomic E-state index is 0.0361. The summed E-state index contributed by atoms with van der Waals surface area (Å²) in [5.41, 5.74) is 0. The fraction of sp³-hybridized carbons (Fsp3) is 0.769. The molecule has 0 aliphatic carbocycles. The molecule has 0 atom stereocenters. The first-order chi connectivity index (χ1) is 8.11. The first-order valence-electron chi connectivity index (χ1n) is 6.19. The molecular weight excluding hydrogens is 214 g/mol. The standard InChI is InChI=1S/C13H23N3O/c1-4-7-14-13(17)11-16-8-5-12(6-9-16)10-15(2)3/h1,12H,5-11H2,2-3H3,(H,14,17). The second-order valence-electron chi connectivity index (χ2n) is 4.96. The summed E-state index contributed by atoms with van der Waals surface area (Å²) in [6, 6.07) is 0. The molecule has 0 unspecified atom stereocenters. The smallest absolute Gasteiger partial charge is 0.234 e. The largest absolute Gasteiger partial charge is 0.344 e. The van der Waals surface area contributed by atoms with E-state index in [2.05, 4.69) is 35.1 Å². The van der Waals surface area contributed by atoms with Gasteiger partial charge in [0.05, 0.1) is 13.1 Å². The molecule has 0 spiro atoms. The number of carbonyl (C=O) groups excluding carboxylic acids is 1. The highest BCUT2D eigenvalue weighted by molar-refractivity contribution is 5.78. The van der Waals surface area contributed by atoms with E-state index in [0.29, 0.717) is 13.1 Å². The van der Waals surface area contributed by atoms with Crippen molar-refractivity contribution in [1.82, 2.24) is 15.1 Å². The fourth-order valence-corrected chi connectivity index (χ4v) is 2.25. The van der Waals surface area contributed by atoms with Gasteiger partial charge in [-0.3, -0.25) is 9.69 Å². The molecule has 0 radical (unpaired) electrons. The number of piperidine rings is 1. The summed E-state index contributed by atoms with van der Waals surface area (Å²) in [6.07, 6.45) is 7.45. The molecule has 0 aromatic carbocycles. The van der Waals surface area contributed by atoms with Gasteiger partial charge in [-0.25, -0.2) is 0 Å². The number of hydrogen-bond acceptors (Lipinski definition) is 3. The van der Waals surface area contributed by atoms with Crippen molar-refractivity contribution in [2.24, 2.45) is 5.92 Å². The second-order valence-corrected chi connectivity index (χ2v) is 4.96. The monoisotopic (exact) mass is 237 g/mol. The lowest BCUT2D eigenvalue weighted by Gasteiger charge is -2.32. The lowest BCUT2D eigenvalue weighted by molar-refractivity contribution is -0.122. The minimum absolute atomic E-state index is 0.0361. The lowest BCUT2D eigenvalue weighted by atomic mass is 9.96. The van der Waals surface area contributed by atoms with Crippen LogP contribution in [0.15, 0.2) is 0 Å². The van der Waals surface area contributed by atoms with Gasteiger partial charge in [0, 0.05) is 6.54 Å². The first kappa shape index (κ1) is 14.0. The second kappa shape index (κ2) is 7.31. The Morgan fingerprint density at radius 1 is 1.47 bits per heavy atom. The third-order valence-corrected chi connectivity index (χ3v) is 3.09. The SMILES string of the molecule is C#CCNC(=O)CN1CCC(CN(C)C)CC1. The number of nitrogens with zero attached hydrogens (tertiary/aromatic N) is 2. The van der Waals surface area contributed by atoms with Gasteiger partial charge in [0.15, 0.2) is 0 Å². The van der Waals surface area contributed by atoms with Gasteiger partial charge < -0.3 is 10.2 Å². The van der Waals surface area contributed by atoms with Crippen LogP contribution in [-0.2, 0) is 4.79 Å². The van der Waals surface area contributed by atoms with Crippen LogP contribution in [0.5, 0.6) is 0 Å². The Balaban J connectivity index is 2.19. The van der Waals surface area contributed by atoms with Crippen molar-refractivity contribution in [1.29, 1.82) is 0 Å². The number of carbonyl (C=O) groups is 1. The molecule has 0 bridgehead atoms. The molecule has 1 aliphatic heterocycles. The van der Waals surface area contributed by atoms with Crippen LogP contribution in [0.3, 0.4) is 0 Å². The molecule has 17 heavy (non-hydrogen) atoms. The molecule has 1 aliphatic rings. The third kappa shape index (κ3) is 5.71. The average Bonchev–Trinajstić information content (AvgIpc) is 2.28. The Kier molecular flexibility index (Phi) is 6.03. The predicted molar refractivity (Wildman–Crippen MR) is 69.6 cm³/mol. The zero-order valence-corrected chi connectivity index (χ0v) is 10.9. The molecule has 1 amide bonds. The Labute approximate surface area is 104 Å².